The van der Waals surface area contributed by atoms with Crippen molar-refractivity contribution in [1.82, 2.24) is 29.9 Å². The molecule has 0 spiro atoms. The maximum Gasteiger partial charge on any atom is 0.257 e. The number of hydrogen-bond donors (Lipinski definition) is 1. The lowest BCUT2D eigenvalue weighted by molar-refractivity contribution is -0.123. The van der Waals surface area contributed by atoms with E-state index < -0.39 is 0 Å². The lowest BCUT2D eigenvalue weighted by Gasteiger charge is -2.32. The molecule has 1 fully saturated rings. The average molecular weight is 525 g/mol. The summed E-state index contributed by atoms with van der Waals surface area (Å²) < 4.78 is 7.97. The number of carbonyl (C=O) groups is 1. The number of nitrogens with one attached hydrogen (secondary N) is 1. The van der Waals surface area contributed by atoms with Crippen LogP contribution in [0.4, 0.5) is 0 Å². The Kier molecular flexibility index (Phi) is 8.65. The van der Waals surface area contributed by atoms with Gasteiger partial charge < -0.3 is 19.9 Å². The van der Waals surface area contributed by atoms with Crippen LogP contribution in [0.5, 0.6) is 5.75 Å². The molecule has 202 valence electrons. The topological polar surface area (TPSA) is 75.5 Å². The van der Waals surface area contributed by atoms with Gasteiger partial charge >= 0.3 is 0 Å². The first-order valence-corrected chi connectivity index (χ1v) is 13.6. The summed E-state index contributed by atoms with van der Waals surface area (Å²) in [6.45, 7) is 7.90. The predicted molar refractivity (Wildman–Crippen MR) is 154 cm³/mol. The zero-order valence-corrected chi connectivity index (χ0v) is 22.7. The smallest absolute Gasteiger partial charge is 0.257 e. The summed E-state index contributed by atoms with van der Waals surface area (Å²) in [5, 5.41) is 11.8. The van der Waals surface area contributed by atoms with Crippen LogP contribution in [0.15, 0.2) is 78.9 Å². The molecule has 1 N–H and O–H groups in total. The monoisotopic (exact) mass is 524 g/mol. The van der Waals surface area contributed by atoms with E-state index >= 15 is 0 Å². The highest BCUT2D eigenvalue weighted by Crippen LogP contribution is 2.30. The van der Waals surface area contributed by atoms with Gasteiger partial charge in [-0.2, -0.15) is 0 Å². The largest absolute Gasteiger partial charge is 0.482 e. The van der Waals surface area contributed by atoms with E-state index in [4.69, 9.17) is 4.74 Å². The number of benzene rings is 3. The van der Waals surface area contributed by atoms with Crippen LogP contribution in [-0.2, 0) is 4.79 Å². The van der Waals surface area contributed by atoms with Crippen LogP contribution in [0.1, 0.15) is 12.2 Å². The van der Waals surface area contributed by atoms with Gasteiger partial charge in [0.05, 0.1) is 5.69 Å². The van der Waals surface area contributed by atoms with E-state index in [0.29, 0.717) is 12.3 Å². The van der Waals surface area contributed by atoms with E-state index in [0.717, 1.165) is 73.2 Å². The van der Waals surface area contributed by atoms with Crippen molar-refractivity contribution in [3.05, 3.63) is 84.7 Å². The summed E-state index contributed by atoms with van der Waals surface area (Å²) in [5.74, 6) is 1.94. The van der Waals surface area contributed by atoms with Gasteiger partial charge in [-0.1, -0.05) is 66.7 Å². The Bertz CT molecular complexity index is 1360. The fraction of sp³-hybridized carbons (Fsp3) is 0.323. The van der Waals surface area contributed by atoms with Crippen molar-refractivity contribution >= 4 is 5.91 Å². The minimum atomic E-state index is -0.125. The van der Waals surface area contributed by atoms with Crippen molar-refractivity contribution < 1.29 is 9.53 Å². The van der Waals surface area contributed by atoms with Crippen LogP contribution in [-0.4, -0.2) is 83.4 Å². The Labute approximate surface area is 230 Å². The van der Waals surface area contributed by atoms with E-state index in [1.54, 1.807) is 0 Å². The zero-order chi connectivity index (χ0) is 27.0. The van der Waals surface area contributed by atoms with E-state index in [2.05, 4.69) is 68.8 Å². The third-order valence-electron chi connectivity index (χ3n) is 7.11. The van der Waals surface area contributed by atoms with E-state index in [1.165, 1.54) is 0 Å². The molecule has 1 aliphatic heterocycles. The number of ether oxygens (including phenoxy) is 1. The standard InChI is InChI=1S/C31H36N6O2/c1-24-33-34-31(27-15-13-26(14-16-27)25-9-4-3-5-10-25)37(24)28-11-6-7-12-29(28)39-23-30(38)32-17-8-18-36-21-19-35(2)20-22-36/h3-7,9-16H,8,17-23H2,1-2H3,(H,32,38). The first-order valence-electron chi connectivity index (χ1n) is 13.6. The molecular weight excluding hydrogens is 488 g/mol. The highest BCUT2D eigenvalue weighted by atomic mass is 16.5. The molecule has 1 aromatic heterocycles. The number of hydrogen-bond acceptors (Lipinski definition) is 6. The summed E-state index contributed by atoms with van der Waals surface area (Å²) in [4.78, 5) is 17.3. The summed E-state index contributed by atoms with van der Waals surface area (Å²) in [6, 6.07) is 26.3. The van der Waals surface area contributed by atoms with Gasteiger partial charge in [0.1, 0.15) is 11.6 Å². The van der Waals surface area contributed by atoms with Gasteiger partial charge in [-0.3, -0.25) is 9.36 Å². The molecule has 1 amide bonds. The highest BCUT2D eigenvalue weighted by Gasteiger charge is 2.17. The molecule has 0 unspecified atom stereocenters. The first-order chi connectivity index (χ1) is 19.1. The highest BCUT2D eigenvalue weighted by molar-refractivity contribution is 5.77. The van der Waals surface area contributed by atoms with Crippen molar-refractivity contribution in [2.24, 2.45) is 0 Å². The van der Waals surface area contributed by atoms with Crippen LogP contribution in [0.2, 0.25) is 0 Å². The van der Waals surface area contributed by atoms with E-state index in [-0.39, 0.29) is 12.5 Å². The Morgan fingerprint density at radius 3 is 2.28 bits per heavy atom. The minimum Gasteiger partial charge on any atom is -0.482 e. The summed E-state index contributed by atoms with van der Waals surface area (Å²) in [6.07, 6.45) is 0.929. The fourth-order valence-electron chi connectivity index (χ4n) is 4.84. The maximum atomic E-state index is 12.5. The molecule has 8 nitrogen and oxygen atoms in total. The molecule has 0 aliphatic carbocycles. The Morgan fingerprint density at radius 2 is 1.51 bits per heavy atom. The fourth-order valence-corrected chi connectivity index (χ4v) is 4.84. The number of nitrogens with zero attached hydrogens (tertiary/aromatic N) is 5. The van der Waals surface area contributed by atoms with Crippen LogP contribution >= 0.6 is 0 Å². The molecule has 1 saturated heterocycles. The number of amides is 1. The van der Waals surface area contributed by atoms with Gasteiger partial charge in [0, 0.05) is 38.3 Å². The number of aromatic nitrogens is 3. The molecule has 8 heteroatoms. The quantitative estimate of drug-likeness (QED) is 0.316. The predicted octanol–water partition coefficient (Wildman–Crippen LogP) is 4.04. The zero-order valence-electron chi connectivity index (χ0n) is 22.7. The second-order valence-corrected chi connectivity index (χ2v) is 9.95. The molecule has 4 aromatic rings. The van der Waals surface area contributed by atoms with Gasteiger partial charge in [-0.15, -0.1) is 10.2 Å². The van der Waals surface area contributed by atoms with E-state index in [1.807, 2.05) is 54.0 Å². The van der Waals surface area contributed by atoms with E-state index in [9.17, 15) is 4.79 Å². The third kappa shape index (κ3) is 6.71. The Hall–Kier alpha value is -4.01. The lowest BCUT2D eigenvalue weighted by atomic mass is 10.0. The summed E-state index contributed by atoms with van der Waals surface area (Å²) in [5.41, 5.74) is 4.05. The number of carbonyl (C=O) groups excluding carboxylic acids is 1. The number of piperazine rings is 1. The van der Waals surface area contributed by atoms with Gasteiger partial charge in [0.2, 0.25) is 0 Å². The average Bonchev–Trinajstić information content (AvgIpc) is 3.36. The normalized spacial score (nSPS) is 14.3. The number of aryl methyl sites for hydroxylation is 1. The molecule has 39 heavy (non-hydrogen) atoms. The lowest BCUT2D eigenvalue weighted by Crippen LogP contribution is -2.45. The molecule has 5 rings (SSSR count). The second-order valence-electron chi connectivity index (χ2n) is 9.95. The molecule has 0 saturated carbocycles. The Morgan fingerprint density at radius 1 is 0.846 bits per heavy atom. The van der Waals surface area contributed by atoms with Crippen LogP contribution in [0, 0.1) is 6.92 Å². The van der Waals surface area contributed by atoms with Crippen molar-refractivity contribution in [3.8, 4) is 34.0 Å². The van der Waals surface area contributed by atoms with Crippen molar-refractivity contribution in [3.63, 3.8) is 0 Å². The molecule has 0 bridgehead atoms. The molecule has 0 radical (unpaired) electrons. The van der Waals surface area contributed by atoms with Gasteiger partial charge in [-0.25, -0.2) is 0 Å². The van der Waals surface area contributed by atoms with Gasteiger partial charge in [-0.05, 0) is 50.2 Å². The second kappa shape index (κ2) is 12.7. The van der Waals surface area contributed by atoms with Gasteiger partial charge in [0.25, 0.3) is 5.91 Å². The van der Waals surface area contributed by atoms with Gasteiger partial charge in [0.15, 0.2) is 12.4 Å². The molecule has 3 aromatic carbocycles. The molecule has 0 atom stereocenters. The van der Waals surface area contributed by atoms with Crippen LogP contribution in [0.3, 0.4) is 0 Å². The van der Waals surface area contributed by atoms with Crippen molar-refractivity contribution in [2.75, 3.05) is 52.9 Å². The number of para-hydroxylation sites is 2. The number of likely N-dealkylation sites (N-methyl/N-ethyl adjacent to an activating group) is 1. The molecular formula is C31H36N6O2. The first kappa shape index (κ1) is 26.6. The number of rotatable bonds is 10. The summed E-state index contributed by atoms with van der Waals surface area (Å²) in [7, 11) is 2.16. The third-order valence-corrected chi connectivity index (χ3v) is 7.11. The molecule has 2 heterocycles. The SMILES string of the molecule is Cc1nnc(-c2ccc(-c3ccccc3)cc2)n1-c1ccccc1OCC(=O)NCCCN1CCN(C)CC1. The van der Waals surface area contributed by atoms with Crippen molar-refractivity contribution in [2.45, 2.75) is 13.3 Å². The van der Waals surface area contributed by atoms with Crippen molar-refractivity contribution in [1.29, 1.82) is 0 Å². The minimum absolute atomic E-state index is 0.0478. The molecule has 1 aliphatic rings. The van der Waals surface area contributed by atoms with Crippen LogP contribution < -0.4 is 10.1 Å². The summed E-state index contributed by atoms with van der Waals surface area (Å²) >= 11 is 0. The maximum absolute atomic E-state index is 12.5. The Balaban J connectivity index is 1.22. The van der Waals surface area contributed by atoms with Crippen LogP contribution in [0.25, 0.3) is 28.2 Å².